The molecule has 21 heavy (non-hydrogen) atoms. The normalized spacial score (nSPS) is 10.5. The van der Waals surface area contributed by atoms with Crippen molar-refractivity contribution in [3.8, 4) is 11.3 Å². The SMILES string of the molecule is OCc1ccc(-c2ccco2)c(NSc2ccccc2)c1. The van der Waals surface area contributed by atoms with Crippen LogP contribution in [0.2, 0.25) is 0 Å². The van der Waals surface area contributed by atoms with Crippen molar-refractivity contribution in [1.82, 2.24) is 0 Å². The molecule has 3 nitrogen and oxygen atoms in total. The van der Waals surface area contributed by atoms with Crippen molar-refractivity contribution in [2.75, 3.05) is 4.72 Å². The lowest BCUT2D eigenvalue weighted by molar-refractivity contribution is 0.282. The molecular formula is C17H15NO2S. The van der Waals surface area contributed by atoms with Crippen molar-refractivity contribution in [3.05, 3.63) is 72.5 Å². The Kier molecular flexibility index (Phi) is 4.28. The number of aliphatic hydroxyl groups is 1. The predicted octanol–water partition coefficient (Wildman–Crippen LogP) is 4.56. The largest absolute Gasteiger partial charge is 0.464 e. The van der Waals surface area contributed by atoms with Crippen molar-refractivity contribution in [1.29, 1.82) is 0 Å². The third-order valence-corrected chi connectivity index (χ3v) is 3.91. The van der Waals surface area contributed by atoms with Crippen LogP contribution < -0.4 is 4.72 Å². The average molecular weight is 297 g/mol. The Hall–Kier alpha value is -2.17. The molecule has 106 valence electrons. The van der Waals surface area contributed by atoms with Gasteiger partial charge < -0.3 is 14.2 Å². The lowest BCUT2D eigenvalue weighted by Gasteiger charge is -2.11. The zero-order valence-electron chi connectivity index (χ0n) is 11.3. The van der Waals surface area contributed by atoms with Gasteiger partial charge in [0, 0.05) is 10.5 Å². The minimum Gasteiger partial charge on any atom is -0.464 e. The highest BCUT2D eigenvalue weighted by Gasteiger charge is 2.09. The number of hydrogen-bond acceptors (Lipinski definition) is 4. The first kappa shape index (κ1) is 13.8. The molecule has 2 N–H and O–H groups in total. The van der Waals surface area contributed by atoms with E-state index in [-0.39, 0.29) is 6.61 Å². The number of hydrogen-bond donors (Lipinski definition) is 2. The predicted molar refractivity (Wildman–Crippen MR) is 86.0 cm³/mol. The highest BCUT2D eigenvalue weighted by molar-refractivity contribution is 8.00. The zero-order valence-corrected chi connectivity index (χ0v) is 12.1. The first-order valence-corrected chi connectivity index (χ1v) is 7.44. The van der Waals surface area contributed by atoms with Crippen LogP contribution in [0.5, 0.6) is 0 Å². The number of nitrogens with one attached hydrogen (secondary N) is 1. The summed E-state index contributed by atoms with van der Waals surface area (Å²) < 4.78 is 8.81. The molecule has 3 rings (SSSR count). The highest BCUT2D eigenvalue weighted by atomic mass is 32.2. The summed E-state index contributed by atoms with van der Waals surface area (Å²) in [6.07, 6.45) is 1.66. The van der Waals surface area contributed by atoms with Gasteiger partial charge in [-0.2, -0.15) is 0 Å². The van der Waals surface area contributed by atoms with Crippen LogP contribution in [0.25, 0.3) is 11.3 Å². The maximum Gasteiger partial charge on any atom is 0.135 e. The summed E-state index contributed by atoms with van der Waals surface area (Å²) in [7, 11) is 0. The molecule has 0 atom stereocenters. The summed E-state index contributed by atoms with van der Waals surface area (Å²) in [5, 5.41) is 9.31. The van der Waals surface area contributed by atoms with E-state index in [9.17, 15) is 5.11 Å². The molecule has 1 heterocycles. The van der Waals surface area contributed by atoms with Gasteiger partial charge in [0.15, 0.2) is 0 Å². The first-order chi connectivity index (χ1) is 10.4. The summed E-state index contributed by atoms with van der Waals surface area (Å²) >= 11 is 1.53. The molecule has 4 heteroatoms. The monoisotopic (exact) mass is 297 g/mol. The molecule has 0 aliphatic rings. The van der Waals surface area contributed by atoms with Crippen molar-refractivity contribution in [2.24, 2.45) is 0 Å². The van der Waals surface area contributed by atoms with Gasteiger partial charge in [0.05, 0.1) is 18.6 Å². The Balaban J connectivity index is 1.88. The molecular weight excluding hydrogens is 282 g/mol. The van der Waals surface area contributed by atoms with E-state index in [1.54, 1.807) is 6.26 Å². The third-order valence-electron chi connectivity index (χ3n) is 3.08. The minimum atomic E-state index is 0.0170. The fourth-order valence-corrected chi connectivity index (χ4v) is 2.71. The van der Waals surface area contributed by atoms with Crippen LogP contribution >= 0.6 is 11.9 Å². The second kappa shape index (κ2) is 6.52. The van der Waals surface area contributed by atoms with E-state index in [0.29, 0.717) is 0 Å². The molecule has 1 aromatic heterocycles. The van der Waals surface area contributed by atoms with Gasteiger partial charge in [-0.3, -0.25) is 0 Å². The summed E-state index contributed by atoms with van der Waals surface area (Å²) in [6.45, 7) is 0.0170. The van der Waals surface area contributed by atoms with E-state index in [2.05, 4.69) is 4.72 Å². The molecule has 0 radical (unpaired) electrons. The Labute approximate surface area is 127 Å². The van der Waals surface area contributed by atoms with Gasteiger partial charge in [-0.1, -0.05) is 24.3 Å². The first-order valence-electron chi connectivity index (χ1n) is 6.62. The lowest BCUT2D eigenvalue weighted by Crippen LogP contribution is -1.93. The Morgan fingerprint density at radius 3 is 2.57 bits per heavy atom. The van der Waals surface area contributed by atoms with Crippen LogP contribution in [0.15, 0.2) is 76.2 Å². The Morgan fingerprint density at radius 2 is 1.86 bits per heavy atom. The van der Waals surface area contributed by atoms with Crippen LogP contribution in [0.1, 0.15) is 5.56 Å². The van der Waals surface area contributed by atoms with E-state index in [0.717, 1.165) is 27.5 Å². The molecule has 0 fully saturated rings. The van der Waals surface area contributed by atoms with Crippen LogP contribution in [0, 0.1) is 0 Å². The molecule has 0 saturated heterocycles. The van der Waals surface area contributed by atoms with Crippen molar-refractivity contribution in [2.45, 2.75) is 11.5 Å². The van der Waals surface area contributed by atoms with E-state index in [1.807, 2.05) is 60.7 Å². The summed E-state index contributed by atoms with van der Waals surface area (Å²) in [6, 6.07) is 19.7. The number of rotatable bonds is 5. The molecule has 0 aliphatic carbocycles. The van der Waals surface area contributed by atoms with Gasteiger partial charge >= 0.3 is 0 Å². The van der Waals surface area contributed by atoms with Crippen LogP contribution in [0.4, 0.5) is 5.69 Å². The van der Waals surface area contributed by atoms with Gasteiger partial charge in [0.1, 0.15) is 5.76 Å². The van der Waals surface area contributed by atoms with Crippen LogP contribution in [-0.4, -0.2) is 5.11 Å². The fraction of sp³-hybridized carbons (Fsp3) is 0.0588. The minimum absolute atomic E-state index is 0.0170. The number of aliphatic hydroxyl groups excluding tert-OH is 1. The van der Waals surface area contributed by atoms with E-state index >= 15 is 0 Å². The third kappa shape index (κ3) is 3.29. The standard InChI is InChI=1S/C17H15NO2S/c19-12-13-8-9-15(17-7-4-10-20-17)16(11-13)18-21-14-5-2-1-3-6-14/h1-11,18-19H,12H2. The molecule has 0 aliphatic heterocycles. The maximum absolute atomic E-state index is 9.31. The van der Waals surface area contributed by atoms with E-state index in [1.165, 1.54) is 11.9 Å². The zero-order chi connectivity index (χ0) is 14.5. The quantitative estimate of drug-likeness (QED) is 0.678. The summed E-state index contributed by atoms with van der Waals surface area (Å²) in [5.74, 6) is 0.802. The van der Waals surface area contributed by atoms with Gasteiger partial charge in [0.25, 0.3) is 0 Å². The van der Waals surface area contributed by atoms with Crippen LogP contribution in [-0.2, 0) is 6.61 Å². The van der Waals surface area contributed by atoms with Crippen molar-refractivity contribution < 1.29 is 9.52 Å². The van der Waals surface area contributed by atoms with Gasteiger partial charge in [0.2, 0.25) is 0 Å². The number of benzene rings is 2. The molecule has 2 aromatic carbocycles. The number of anilines is 1. The van der Waals surface area contributed by atoms with Crippen molar-refractivity contribution >= 4 is 17.6 Å². The second-order valence-electron chi connectivity index (χ2n) is 4.53. The van der Waals surface area contributed by atoms with Crippen molar-refractivity contribution in [3.63, 3.8) is 0 Å². The fourth-order valence-electron chi connectivity index (χ4n) is 2.02. The smallest absolute Gasteiger partial charge is 0.135 e. The highest BCUT2D eigenvalue weighted by Crippen LogP contribution is 2.32. The summed E-state index contributed by atoms with van der Waals surface area (Å²) in [4.78, 5) is 1.12. The topological polar surface area (TPSA) is 45.4 Å². The van der Waals surface area contributed by atoms with Crippen LogP contribution in [0.3, 0.4) is 0 Å². The average Bonchev–Trinajstić information content (AvgIpc) is 3.08. The van der Waals surface area contributed by atoms with Gasteiger partial charge in [-0.05, 0) is 53.9 Å². The lowest BCUT2D eigenvalue weighted by atomic mass is 10.1. The molecule has 0 amide bonds. The van der Waals surface area contributed by atoms with E-state index < -0.39 is 0 Å². The molecule has 0 spiro atoms. The van der Waals surface area contributed by atoms with E-state index in [4.69, 9.17) is 4.42 Å². The molecule has 3 aromatic rings. The molecule has 0 saturated carbocycles. The molecule has 0 unspecified atom stereocenters. The van der Waals surface area contributed by atoms with Gasteiger partial charge in [-0.15, -0.1) is 0 Å². The number of furan rings is 1. The molecule has 0 bridgehead atoms. The Bertz CT molecular complexity index is 696. The summed E-state index contributed by atoms with van der Waals surface area (Å²) in [5.41, 5.74) is 2.76. The van der Waals surface area contributed by atoms with Gasteiger partial charge in [-0.25, -0.2) is 0 Å². The second-order valence-corrected chi connectivity index (χ2v) is 5.41. The maximum atomic E-state index is 9.31. The Morgan fingerprint density at radius 1 is 1.00 bits per heavy atom.